The molecule has 0 saturated carbocycles. The van der Waals surface area contributed by atoms with E-state index in [1.807, 2.05) is 0 Å². The number of phenolic OH excluding ortho intramolecular Hbond substituents is 1. The van der Waals surface area contributed by atoms with Crippen molar-refractivity contribution in [1.82, 2.24) is 0 Å². The van der Waals surface area contributed by atoms with Crippen LogP contribution >= 0.6 is 0 Å². The number of aromatic hydroxyl groups is 1. The standard InChI is InChI=1S/C14H12F2O7S/c15-14(16,24(19,20)21)13(18)23-8-7-22-12-6-2-3-9-10(12)4-1-5-11(9)17/h1-6,17H,7-8H2,(H,19,20,21)/p-1. The summed E-state index contributed by atoms with van der Waals surface area (Å²) in [7, 11) is -6.15. The van der Waals surface area contributed by atoms with E-state index in [0.29, 0.717) is 16.5 Å². The fourth-order valence-electron chi connectivity index (χ4n) is 1.86. The van der Waals surface area contributed by atoms with Gasteiger partial charge in [-0.2, -0.15) is 8.78 Å². The monoisotopic (exact) mass is 361 g/mol. The van der Waals surface area contributed by atoms with E-state index in [2.05, 4.69) is 4.74 Å². The van der Waals surface area contributed by atoms with E-state index in [1.165, 1.54) is 6.07 Å². The Hall–Kier alpha value is -2.46. The Bertz CT molecular complexity index is 865. The van der Waals surface area contributed by atoms with E-state index in [0.717, 1.165) is 0 Å². The predicted molar refractivity (Wildman–Crippen MR) is 76.7 cm³/mol. The van der Waals surface area contributed by atoms with E-state index >= 15 is 0 Å². The lowest BCUT2D eigenvalue weighted by molar-refractivity contribution is -0.162. The van der Waals surface area contributed by atoms with Gasteiger partial charge < -0.3 is 19.1 Å². The summed E-state index contributed by atoms with van der Waals surface area (Å²) in [5, 5.41) is 5.59. The highest BCUT2D eigenvalue weighted by atomic mass is 32.2. The summed E-state index contributed by atoms with van der Waals surface area (Å²) in [6, 6.07) is 9.46. The Labute approximate surface area is 135 Å². The number of benzene rings is 2. The second kappa shape index (κ2) is 6.57. The number of halogens is 2. The molecular formula is C14H11F2O7S-. The molecule has 130 valence electrons. The minimum Gasteiger partial charge on any atom is -0.743 e. The first-order valence-corrected chi connectivity index (χ1v) is 7.89. The van der Waals surface area contributed by atoms with Crippen LogP contribution in [0, 0.1) is 0 Å². The molecule has 10 heteroatoms. The van der Waals surface area contributed by atoms with Crippen LogP contribution < -0.4 is 4.74 Å². The van der Waals surface area contributed by atoms with Gasteiger partial charge in [-0.1, -0.05) is 24.3 Å². The molecule has 0 aliphatic rings. The summed E-state index contributed by atoms with van der Waals surface area (Å²) < 4.78 is 65.9. The zero-order valence-electron chi connectivity index (χ0n) is 11.9. The molecule has 0 unspecified atom stereocenters. The number of rotatable bonds is 6. The summed E-state index contributed by atoms with van der Waals surface area (Å²) in [5.74, 6) is -2.15. The third kappa shape index (κ3) is 3.54. The highest BCUT2D eigenvalue weighted by Crippen LogP contribution is 2.31. The number of carbonyl (C=O) groups is 1. The Morgan fingerprint density at radius 2 is 1.75 bits per heavy atom. The Morgan fingerprint density at radius 3 is 2.42 bits per heavy atom. The van der Waals surface area contributed by atoms with Gasteiger partial charge in [-0.05, 0) is 12.1 Å². The molecule has 0 aliphatic carbocycles. The van der Waals surface area contributed by atoms with Gasteiger partial charge in [0.1, 0.15) is 24.7 Å². The maximum absolute atomic E-state index is 12.9. The summed E-state index contributed by atoms with van der Waals surface area (Å²) in [6.07, 6.45) is 0. The van der Waals surface area contributed by atoms with Gasteiger partial charge in [-0.25, -0.2) is 13.2 Å². The highest BCUT2D eigenvalue weighted by molar-refractivity contribution is 7.87. The van der Waals surface area contributed by atoms with E-state index in [-0.39, 0.29) is 12.4 Å². The number of phenols is 1. The molecule has 1 N–H and O–H groups in total. The first kappa shape index (κ1) is 17.9. The van der Waals surface area contributed by atoms with Crippen molar-refractivity contribution in [2.24, 2.45) is 0 Å². The number of esters is 1. The van der Waals surface area contributed by atoms with Crippen LogP contribution in [0.2, 0.25) is 0 Å². The van der Waals surface area contributed by atoms with Crippen molar-refractivity contribution in [3.8, 4) is 11.5 Å². The van der Waals surface area contributed by atoms with Gasteiger partial charge in [0.2, 0.25) is 0 Å². The lowest BCUT2D eigenvalue weighted by Gasteiger charge is -2.18. The van der Waals surface area contributed by atoms with Crippen LogP contribution in [0.3, 0.4) is 0 Å². The molecule has 24 heavy (non-hydrogen) atoms. The summed E-state index contributed by atoms with van der Waals surface area (Å²) in [6.45, 7) is -1.06. The fraction of sp³-hybridized carbons (Fsp3) is 0.214. The molecule has 0 atom stereocenters. The van der Waals surface area contributed by atoms with Crippen LogP contribution in [0.25, 0.3) is 10.8 Å². The third-order valence-corrected chi connectivity index (χ3v) is 3.78. The molecule has 0 aliphatic heterocycles. The van der Waals surface area contributed by atoms with E-state index in [1.54, 1.807) is 30.3 Å². The molecule has 7 nitrogen and oxygen atoms in total. The Kier molecular flexibility index (Phi) is 4.90. The molecule has 0 bridgehead atoms. The van der Waals surface area contributed by atoms with Gasteiger partial charge in [0.25, 0.3) is 0 Å². The van der Waals surface area contributed by atoms with Crippen molar-refractivity contribution in [3.05, 3.63) is 36.4 Å². The smallest absolute Gasteiger partial charge is 0.428 e. The predicted octanol–water partition coefficient (Wildman–Crippen LogP) is 1.61. The maximum Gasteiger partial charge on any atom is 0.428 e. The van der Waals surface area contributed by atoms with Crippen molar-refractivity contribution < 1.29 is 41.1 Å². The zero-order valence-corrected chi connectivity index (χ0v) is 12.8. The van der Waals surface area contributed by atoms with Crippen molar-refractivity contribution in [2.75, 3.05) is 13.2 Å². The van der Waals surface area contributed by atoms with E-state index in [9.17, 15) is 31.7 Å². The average Bonchev–Trinajstić information content (AvgIpc) is 2.51. The number of hydrogen-bond donors (Lipinski definition) is 1. The number of carbonyl (C=O) groups excluding carboxylic acids is 1. The number of alkyl halides is 2. The molecule has 0 spiro atoms. The molecular weight excluding hydrogens is 350 g/mol. The second-order valence-electron chi connectivity index (χ2n) is 4.58. The van der Waals surface area contributed by atoms with E-state index < -0.39 is 27.9 Å². The van der Waals surface area contributed by atoms with Gasteiger partial charge in [0.05, 0.1) is 0 Å². The van der Waals surface area contributed by atoms with E-state index in [4.69, 9.17) is 4.74 Å². The second-order valence-corrected chi connectivity index (χ2v) is 6.00. The molecule has 0 saturated heterocycles. The largest absolute Gasteiger partial charge is 0.743 e. The van der Waals surface area contributed by atoms with Crippen molar-refractivity contribution >= 4 is 26.9 Å². The Morgan fingerprint density at radius 1 is 1.12 bits per heavy atom. The van der Waals surface area contributed by atoms with Gasteiger partial charge in [-0.15, -0.1) is 0 Å². The van der Waals surface area contributed by atoms with Crippen LogP contribution in [0.4, 0.5) is 8.78 Å². The molecule has 0 amide bonds. The van der Waals surface area contributed by atoms with Gasteiger partial charge >= 0.3 is 11.2 Å². The number of ether oxygens (including phenoxy) is 2. The molecule has 2 rings (SSSR count). The van der Waals surface area contributed by atoms with Crippen LogP contribution in [0.15, 0.2) is 36.4 Å². The molecule has 2 aromatic rings. The fourth-order valence-corrected chi connectivity index (χ4v) is 2.13. The van der Waals surface area contributed by atoms with Gasteiger partial charge in [-0.3, -0.25) is 0 Å². The van der Waals surface area contributed by atoms with Crippen molar-refractivity contribution in [2.45, 2.75) is 5.25 Å². The number of hydrogen-bond acceptors (Lipinski definition) is 7. The Balaban J connectivity index is 1.99. The average molecular weight is 361 g/mol. The summed E-state index contributed by atoms with van der Waals surface area (Å²) in [4.78, 5) is 10.9. The number of fused-ring (bicyclic) bond motifs is 1. The van der Waals surface area contributed by atoms with Crippen molar-refractivity contribution in [3.63, 3.8) is 0 Å². The molecule has 0 aromatic heterocycles. The third-order valence-electron chi connectivity index (χ3n) is 2.98. The molecule has 0 radical (unpaired) electrons. The van der Waals surface area contributed by atoms with Crippen LogP contribution in [-0.4, -0.2) is 42.5 Å². The lowest BCUT2D eigenvalue weighted by atomic mass is 10.1. The zero-order chi connectivity index (χ0) is 18.0. The molecule has 0 heterocycles. The SMILES string of the molecule is O=C(OCCOc1cccc2c(O)cccc12)C(F)(F)S(=O)(=O)[O-]. The molecule has 0 fully saturated rings. The minimum absolute atomic E-state index is 0.0182. The highest BCUT2D eigenvalue weighted by Gasteiger charge is 2.48. The first-order valence-electron chi connectivity index (χ1n) is 6.48. The lowest BCUT2D eigenvalue weighted by Crippen LogP contribution is -2.39. The van der Waals surface area contributed by atoms with Crippen molar-refractivity contribution in [1.29, 1.82) is 0 Å². The van der Waals surface area contributed by atoms with Crippen LogP contribution in [-0.2, 0) is 19.6 Å². The topological polar surface area (TPSA) is 113 Å². The molecule has 2 aromatic carbocycles. The summed E-state index contributed by atoms with van der Waals surface area (Å²) >= 11 is 0. The van der Waals surface area contributed by atoms with Gasteiger partial charge in [0.15, 0.2) is 10.1 Å². The van der Waals surface area contributed by atoms with Crippen LogP contribution in [0.5, 0.6) is 11.5 Å². The quantitative estimate of drug-likeness (QED) is 0.472. The summed E-state index contributed by atoms with van der Waals surface area (Å²) in [5.41, 5.74) is 0. The van der Waals surface area contributed by atoms with Gasteiger partial charge in [0, 0.05) is 10.8 Å². The first-order chi connectivity index (χ1) is 11.1. The normalized spacial score (nSPS) is 12.1. The van der Waals surface area contributed by atoms with Crippen LogP contribution in [0.1, 0.15) is 0 Å². The minimum atomic E-state index is -6.15. The maximum atomic E-state index is 12.9.